The number of anilines is 1. The van der Waals surface area contributed by atoms with E-state index in [1.807, 2.05) is 32.0 Å². The lowest BCUT2D eigenvalue weighted by Gasteiger charge is -2.24. The number of aryl methyl sites for hydroxylation is 1. The zero-order chi connectivity index (χ0) is 27.6. The van der Waals surface area contributed by atoms with Gasteiger partial charge in [0, 0.05) is 12.0 Å². The van der Waals surface area contributed by atoms with E-state index in [1.165, 1.54) is 23.3 Å². The highest BCUT2D eigenvalue weighted by Crippen LogP contribution is 2.47. The monoisotopic (exact) mass is 606 g/mol. The van der Waals surface area contributed by atoms with Crippen LogP contribution in [0, 0.1) is 6.92 Å². The molecular formula is C29H23BrN2O6S. The van der Waals surface area contributed by atoms with Crippen molar-refractivity contribution < 1.29 is 29.3 Å². The number of thiazole rings is 1. The third-order valence-corrected chi connectivity index (χ3v) is 8.56. The molecule has 0 bridgehead atoms. The standard InChI is InChI=1S/C29H23BrN2O6S/c1-13-4-6-19-22(8-13)39-29(31-19)32-24(17-11-18(30)26(34)21(12-17)37-3)23(27(35)28(32)36)25(33)15-5-7-20-16(10-15)9-14(2)38-20/h4-8,10-12,14,24,33-34H,9H2,1-3H3/b25-23+/t14-,24-/m1/s1. The van der Waals surface area contributed by atoms with E-state index in [-0.39, 0.29) is 28.9 Å². The molecule has 1 saturated heterocycles. The summed E-state index contributed by atoms with van der Waals surface area (Å²) >= 11 is 4.63. The Bertz CT molecular complexity index is 1730. The number of ketones is 1. The lowest BCUT2D eigenvalue weighted by atomic mass is 9.94. The summed E-state index contributed by atoms with van der Waals surface area (Å²) in [6.07, 6.45) is 0.675. The number of rotatable bonds is 4. The minimum atomic E-state index is -1.03. The zero-order valence-corrected chi connectivity index (χ0v) is 23.6. The van der Waals surface area contributed by atoms with Gasteiger partial charge in [-0.1, -0.05) is 17.4 Å². The summed E-state index contributed by atoms with van der Waals surface area (Å²) in [5, 5.41) is 22.3. The summed E-state index contributed by atoms with van der Waals surface area (Å²) in [7, 11) is 1.41. The Labute approximate surface area is 236 Å². The molecule has 0 spiro atoms. The highest BCUT2D eigenvalue weighted by molar-refractivity contribution is 9.10. The van der Waals surface area contributed by atoms with Crippen LogP contribution in [0.2, 0.25) is 0 Å². The molecule has 1 amide bonds. The average molecular weight is 607 g/mol. The number of benzene rings is 3. The van der Waals surface area contributed by atoms with Crippen LogP contribution in [0.3, 0.4) is 0 Å². The molecule has 1 fully saturated rings. The molecule has 6 rings (SSSR count). The Morgan fingerprint density at radius 1 is 1.18 bits per heavy atom. The van der Waals surface area contributed by atoms with Crippen LogP contribution in [-0.2, 0) is 16.0 Å². The number of ether oxygens (including phenoxy) is 2. The van der Waals surface area contributed by atoms with Crippen molar-refractivity contribution in [1.82, 2.24) is 4.98 Å². The molecule has 1 aromatic heterocycles. The van der Waals surface area contributed by atoms with Crippen LogP contribution in [0.5, 0.6) is 17.2 Å². The molecule has 3 heterocycles. The second-order valence-corrected chi connectivity index (χ2v) is 11.5. The van der Waals surface area contributed by atoms with Gasteiger partial charge in [-0.2, -0.15) is 0 Å². The Morgan fingerprint density at radius 3 is 2.74 bits per heavy atom. The second kappa shape index (κ2) is 9.39. The third kappa shape index (κ3) is 4.15. The van der Waals surface area contributed by atoms with E-state index in [9.17, 15) is 19.8 Å². The number of hydrogen-bond donors (Lipinski definition) is 2. The topological polar surface area (TPSA) is 109 Å². The number of aliphatic hydroxyl groups is 1. The Balaban J connectivity index is 1.57. The van der Waals surface area contributed by atoms with E-state index in [2.05, 4.69) is 20.9 Å². The minimum Gasteiger partial charge on any atom is -0.507 e. The van der Waals surface area contributed by atoms with Gasteiger partial charge < -0.3 is 19.7 Å². The number of hydrogen-bond acceptors (Lipinski definition) is 8. The first kappa shape index (κ1) is 25.4. The molecule has 10 heteroatoms. The lowest BCUT2D eigenvalue weighted by molar-refractivity contribution is -0.132. The molecule has 2 aliphatic rings. The van der Waals surface area contributed by atoms with Crippen LogP contribution in [0.4, 0.5) is 5.13 Å². The van der Waals surface area contributed by atoms with Crippen LogP contribution in [0.25, 0.3) is 16.0 Å². The Kier molecular flexibility index (Phi) is 6.11. The van der Waals surface area contributed by atoms with Gasteiger partial charge in [0.2, 0.25) is 0 Å². The first-order valence-corrected chi connectivity index (χ1v) is 13.8. The molecule has 0 aliphatic carbocycles. The molecule has 0 saturated carbocycles. The molecule has 2 N–H and O–H groups in total. The van der Waals surface area contributed by atoms with Gasteiger partial charge in [0.05, 0.1) is 33.4 Å². The summed E-state index contributed by atoms with van der Waals surface area (Å²) in [6.45, 7) is 3.92. The minimum absolute atomic E-state index is 0.00691. The molecule has 198 valence electrons. The molecule has 2 atom stereocenters. The molecule has 2 aliphatic heterocycles. The highest BCUT2D eigenvalue weighted by Gasteiger charge is 2.48. The highest BCUT2D eigenvalue weighted by atomic mass is 79.9. The quantitative estimate of drug-likeness (QED) is 0.166. The van der Waals surface area contributed by atoms with E-state index in [0.29, 0.717) is 32.7 Å². The number of fused-ring (bicyclic) bond motifs is 2. The fourth-order valence-corrected chi connectivity index (χ4v) is 6.65. The predicted molar refractivity (Wildman–Crippen MR) is 152 cm³/mol. The van der Waals surface area contributed by atoms with Crippen molar-refractivity contribution in [3.8, 4) is 17.2 Å². The van der Waals surface area contributed by atoms with Crippen LogP contribution in [0.1, 0.15) is 35.2 Å². The van der Waals surface area contributed by atoms with Gasteiger partial charge in [-0.05, 0) is 88.9 Å². The number of phenols is 1. The predicted octanol–water partition coefficient (Wildman–Crippen LogP) is 6.03. The number of methoxy groups -OCH3 is 1. The van der Waals surface area contributed by atoms with Crippen molar-refractivity contribution in [2.24, 2.45) is 0 Å². The number of carbonyl (C=O) groups is 2. The molecule has 4 aromatic rings. The number of aliphatic hydroxyl groups excluding tert-OH is 1. The number of halogens is 1. The van der Waals surface area contributed by atoms with Gasteiger partial charge in [-0.15, -0.1) is 0 Å². The van der Waals surface area contributed by atoms with E-state index < -0.39 is 17.7 Å². The SMILES string of the molecule is COc1cc([C@@H]2/C(=C(\O)c3ccc4c(c3)C[C@@H](C)O4)C(=O)C(=O)N2c2nc3ccc(C)cc3s2)cc(Br)c1O. The summed E-state index contributed by atoms with van der Waals surface area (Å²) < 4.78 is 12.3. The smallest absolute Gasteiger partial charge is 0.301 e. The van der Waals surface area contributed by atoms with Crippen molar-refractivity contribution in [3.63, 3.8) is 0 Å². The Hall–Kier alpha value is -3.89. The summed E-state index contributed by atoms with van der Waals surface area (Å²) in [5.41, 5.74) is 3.41. The maximum absolute atomic E-state index is 13.6. The fraction of sp³-hybridized carbons (Fsp3) is 0.207. The number of aromatic nitrogens is 1. The van der Waals surface area contributed by atoms with E-state index in [0.717, 1.165) is 21.6 Å². The normalized spacial score (nSPS) is 19.9. The number of carbonyl (C=O) groups excluding carboxylic acids is 2. The van der Waals surface area contributed by atoms with Crippen molar-refractivity contribution in [3.05, 3.63) is 80.8 Å². The molecule has 39 heavy (non-hydrogen) atoms. The number of Topliss-reactive ketones (excluding diaryl/α,β-unsaturated/α-hetero) is 1. The van der Waals surface area contributed by atoms with E-state index in [1.54, 1.807) is 30.3 Å². The second-order valence-electron chi connectivity index (χ2n) is 9.65. The zero-order valence-electron chi connectivity index (χ0n) is 21.2. The summed E-state index contributed by atoms with van der Waals surface area (Å²) in [6, 6.07) is 13.1. The largest absolute Gasteiger partial charge is 0.507 e. The molecular weight excluding hydrogens is 584 g/mol. The van der Waals surface area contributed by atoms with Crippen molar-refractivity contribution in [2.45, 2.75) is 32.4 Å². The van der Waals surface area contributed by atoms with Crippen LogP contribution >= 0.6 is 27.3 Å². The Morgan fingerprint density at radius 2 is 1.97 bits per heavy atom. The molecule has 0 radical (unpaired) electrons. The maximum Gasteiger partial charge on any atom is 0.301 e. The molecule has 8 nitrogen and oxygen atoms in total. The van der Waals surface area contributed by atoms with Crippen molar-refractivity contribution in [2.75, 3.05) is 12.0 Å². The van der Waals surface area contributed by atoms with E-state index in [4.69, 9.17) is 9.47 Å². The lowest BCUT2D eigenvalue weighted by Crippen LogP contribution is -2.29. The number of aromatic hydroxyl groups is 1. The van der Waals surface area contributed by atoms with Gasteiger partial charge >= 0.3 is 5.91 Å². The average Bonchev–Trinajstić information content (AvgIpc) is 3.57. The van der Waals surface area contributed by atoms with Gasteiger partial charge in [0.25, 0.3) is 5.78 Å². The first-order valence-electron chi connectivity index (χ1n) is 12.2. The number of nitrogens with zero attached hydrogens (tertiary/aromatic N) is 2. The van der Waals surface area contributed by atoms with Gasteiger partial charge in [-0.3, -0.25) is 14.5 Å². The summed E-state index contributed by atoms with van der Waals surface area (Å²) in [4.78, 5) is 33.2. The molecule has 0 unspecified atom stereocenters. The number of phenolic OH excluding ortho intramolecular Hbond substituents is 1. The summed E-state index contributed by atoms with van der Waals surface area (Å²) in [5.74, 6) is -1.19. The van der Waals surface area contributed by atoms with Crippen molar-refractivity contribution >= 4 is 60.1 Å². The van der Waals surface area contributed by atoms with Crippen LogP contribution in [-0.4, -0.2) is 40.1 Å². The molecule has 3 aromatic carbocycles. The van der Waals surface area contributed by atoms with Crippen LogP contribution < -0.4 is 14.4 Å². The van der Waals surface area contributed by atoms with E-state index >= 15 is 0 Å². The van der Waals surface area contributed by atoms with Gasteiger partial charge in [0.15, 0.2) is 16.6 Å². The fourth-order valence-electron chi connectivity index (χ4n) is 5.10. The van der Waals surface area contributed by atoms with Gasteiger partial charge in [0.1, 0.15) is 17.6 Å². The third-order valence-electron chi connectivity index (χ3n) is 6.94. The number of amides is 1. The maximum atomic E-state index is 13.6. The van der Waals surface area contributed by atoms with Crippen LogP contribution in [0.15, 0.2) is 58.6 Å². The van der Waals surface area contributed by atoms with Crippen molar-refractivity contribution in [1.29, 1.82) is 0 Å². The van der Waals surface area contributed by atoms with Gasteiger partial charge in [-0.25, -0.2) is 4.98 Å². The first-order chi connectivity index (χ1) is 18.7.